The summed E-state index contributed by atoms with van der Waals surface area (Å²) < 4.78 is 2.01. The summed E-state index contributed by atoms with van der Waals surface area (Å²) in [5.41, 5.74) is 4.07. The van der Waals surface area contributed by atoms with Gasteiger partial charge in [-0.15, -0.1) is 0 Å². The van der Waals surface area contributed by atoms with E-state index in [2.05, 4.69) is 25.9 Å². The lowest BCUT2D eigenvalue weighted by atomic mass is 10.1. The van der Waals surface area contributed by atoms with E-state index in [1.54, 1.807) is 0 Å². The molecule has 0 N–H and O–H groups in total. The zero-order valence-electron chi connectivity index (χ0n) is 10.3. The second-order valence-corrected chi connectivity index (χ2v) is 4.45. The Kier molecular flexibility index (Phi) is 3.09. The van der Waals surface area contributed by atoms with Crippen LogP contribution in [0.5, 0.6) is 0 Å². The molecule has 0 fully saturated rings. The summed E-state index contributed by atoms with van der Waals surface area (Å²) >= 11 is 0. The molecule has 0 bridgehead atoms. The molecule has 1 aromatic carbocycles. The van der Waals surface area contributed by atoms with Crippen LogP contribution in [0.2, 0.25) is 0 Å². The van der Waals surface area contributed by atoms with Crippen LogP contribution in [-0.4, -0.2) is 16.1 Å². The molecule has 0 atom stereocenters. The summed E-state index contributed by atoms with van der Waals surface area (Å²) in [6.45, 7) is 6.26. The first-order valence-corrected chi connectivity index (χ1v) is 5.73. The highest BCUT2D eigenvalue weighted by molar-refractivity contribution is 5.76. The van der Waals surface area contributed by atoms with Gasteiger partial charge in [-0.3, -0.25) is 9.48 Å². The number of rotatable bonds is 3. The average molecular weight is 228 g/mol. The maximum Gasteiger partial charge on any atom is 0.150 e. The second kappa shape index (κ2) is 4.53. The summed E-state index contributed by atoms with van der Waals surface area (Å²) in [4.78, 5) is 10.6. The summed E-state index contributed by atoms with van der Waals surface area (Å²) in [5, 5.41) is 4.38. The van der Waals surface area contributed by atoms with Gasteiger partial charge in [0.15, 0.2) is 0 Å². The SMILES string of the molecule is Cc1cnn(C(C)C)c1-c1ccc(C=O)cc1. The second-order valence-electron chi connectivity index (χ2n) is 4.45. The summed E-state index contributed by atoms with van der Waals surface area (Å²) in [6, 6.07) is 7.92. The predicted octanol–water partition coefficient (Wildman–Crippen LogP) is 3.25. The van der Waals surface area contributed by atoms with Crippen LogP contribution >= 0.6 is 0 Å². The lowest BCUT2D eigenvalue weighted by Gasteiger charge is -2.12. The number of aromatic nitrogens is 2. The van der Waals surface area contributed by atoms with Gasteiger partial charge in [0.2, 0.25) is 0 Å². The fraction of sp³-hybridized carbons (Fsp3) is 0.286. The molecule has 1 heterocycles. The van der Waals surface area contributed by atoms with Gasteiger partial charge in [-0.25, -0.2) is 0 Å². The van der Waals surface area contributed by atoms with Gasteiger partial charge in [-0.05, 0) is 26.3 Å². The molecule has 17 heavy (non-hydrogen) atoms. The van der Waals surface area contributed by atoms with Crippen molar-refractivity contribution in [3.8, 4) is 11.3 Å². The Morgan fingerprint density at radius 2 is 1.88 bits per heavy atom. The molecular weight excluding hydrogens is 212 g/mol. The van der Waals surface area contributed by atoms with Gasteiger partial charge in [0.25, 0.3) is 0 Å². The van der Waals surface area contributed by atoms with Gasteiger partial charge in [0, 0.05) is 17.2 Å². The van der Waals surface area contributed by atoms with Crippen molar-refractivity contribution in [2.24, 2.45) is 0 Å². The molecule has 0 aliphatic heterocycles. The monoisotopic (exact) mass is 228 g/mol. The van der Waals surface area contributed by atoms with E-state index in [0.717, 1.165) is 23.1 Å². The third-order valence-corrected chi connectivity index (χ3v) is 2.79. The molecule has 3 heteroatoms. The molecule has 0 saturated carbocycles. The Morgan fingerprint density at radius 1 is 1.24 bits per heavy atom. The Bertz CT molecular complexity index is 524. The molecule has 0 aliphatic carbocycles. The van der Waals surface area contributed by atoms with Gasteiger partial charge in [-0.1, -0.05) is 24.3 Å². The largest absolute Gasteiger partial charge is 0.298 e. The zero-order chi connectivity index (χ0) is 12.4. The van der Waals surface area contributed by atoms with Crippen molar-refractivity contribution in [2.45, 2.75) is 26.8 Å². The molecule has 2 rings (SSSR count). The molecule has 0 unspecified atom stereocenters. The molecule has 1 aromatic heterocycles. The highest BCUT2D eigenvalue weighted by Crippen LogP contribution is 2.25. The van der Waals surface area contributed by atoms with E-state index in [1.165, 1.54) is 0 Å². The highest BCUT2D eigenvalue weighted by atomic mass is 16.1. The van der Waals surface area contributed by atoms with Gasteiger partial charge in [-0.2, -0.15) is 5.10 Å². The highest BCUT2D eigenvalue weighted by Gasteiger charge is 2.11. The molecular formula is C14H16N2O. The first-order chi connectivity index (χ1) is 8.13. The third-order valence-electron chi connectivity index (χ3n) is 2.79. The quantitative estimate of drug-likeness (QED) is 0.756. The number of benzene rings is 1. The number of hydrogen-bond acceptors (Lipinski definition) is 2. The van der Waals surface area contributed by atoms with Crippen LogP contribution in [0, 0.1) is 6.92 Å². The minimum atomic E-state index is 0.324. The molecule has 88 valence electrons. The van der Waals surface area contributed by atoms with Crippen LogP contribution in [0.25, 0.3) is 11.3 Å². The van der Waals surface area contributed by atoms with Crippen molar-refractivity contribution in [3.63, 3.8) is 0 Å². The first kappa shape index (κ1) is 11.6. The van der Waals surface area contributed by atoms with Crippen LogP contribution in [0.4, 0.5) is 0 Å². The van der Waals surface area contributed by atoms with Gasteiger partial charge >= 0.3 is 0 Å². The van der Waals surface area contributed by atoms with Crippen molar-refractivity contribution in [3.05, 3.63) is 41.6 Å². The van der Waals surface area contributed by atoms with E-state index >= 15 is 0 Å². The van der Waals surface area contributed by atoms with Crippen molar-refractivity contribution < 1.29 is 4.79 Å². The van der Waals surface area contributed by atoms with Crippen LogP contribution in [-0.2, 0) is 0 Å². The Morgan fingerprint density at radius 3 is 2.41 bits per heavy atom. The molecule has 2 aromatic rings. The number of nitrogens with zero attached hydrogens (tertiary/aromatic N) is 2. The van der Waals surface area contributed by atoms with Crippen LogP contribution < -0.4 is 0 Å². The fourth-order valence-electron chi connectivity index (χ4n) is 1.92. The van der Waals surface area contributed by atoms with Crippen LogP contribution in [0.15, 0.2) is 30.5 Å². The Balaban J connectivity index is 2.51. The Hall–Kier alpha value is -1.90. The molecule has 0 aliphatic rings. The average Bonchev–Trinajstić information content (AvgIpc) is 2.71. The number of carbonyl (C=O) groups is 1. The van der Waals surface area contributed by atoms with Gasteiger partial charge < -0.3 is 0 Å². The van der Waals surface area contributed by atoms with Crippen molar-refractivity contribution in [2.75, 3.05) is 0 Å². The van der Waals surface area contributed by atoms with Crippen LogP contribution in [0.3, 0.4) is 0 Å². The lowest BCUT2D eigenvalue weighted by molar-refractivity contribution is 0.112. The third kappa shape index (κ3) is 2.13. The predicted molar refractivity (Wildman–Crippen MR) is 68.2 cm³/mol. The van der Waals surface area contributed by atoms with E-state index in [-0.39, 0.29) is 0 Å². The normalized spacial score (nSPS) is 10.8. The minimum Gasteiger partial charge on any atom is -0.298 e. The Labute approximate surface area is 101 Å². The van der Waals surface area contributed by atoms with Crippen LogP contribution in [0.1, 0.15) is 35.8 Å². The van der Waals surface area contributed by atoms with Crippen molar-refractivity contribution in [1.82, 2.24) is 9.78 Å². The summed E-state index contributed by atoms with van der Waals surface area (Å²) in [7, 11) is 0. The van der Waals surface area contributed by atoms with E-state index in [1.807, 2.05) is 35.1 Å². The molecule has 0 amide bonds. The maximum atomic E-state index is 10.6. The lowest BCUT2D eigenvalue weighted by Crippen LogP contribution is -2.04. The number of carbonyl (C=O) groups excluding carboxylic acids is 1. The molecule has 0 radical (unpaired) electrons. The minimum absolute atomic E-state index is 0.324. The van der Waals surface area contributed by atoms with E-state index in [4.69, 9.17) is 0 Å². The van der Waals surface area contributed by atoms with E-state index in [0.29, 0.717) is 11.6 Å². The van der Waals surface area contributed by atoms with Gasteiger partial charge in [0.1, 0.15) is 6.29 Å². The fourth-order valence-corrected chi connectivity index (χ4v) is 1.92. The molecule has 0 saturated heterocycles. The van der Waals surface area contributed by atoms with E-state index < -0.39 is 0 Å². The molecule has 0 spiro atoms. The summed E-state index contributed by atoms with van der Waals surface area (Å²) in [5.74, 6) is 0. The first-order valence-electron chi connectivity index (χ1n) is 5.73. The van der Waals surface area contributed by atoms with Crippen molar-refractivity contribution in [1.29, 1.82) is 0 Å². The summed E-state index contributed by atoms with van der Waals surface area (Å²) in [6.07, 6.45) is 2.74. The smallest absolute Gasteiger partial charge is 0.150 e. The number of aryl methyl sites for hydroxylation is 1. The zero-order valence-corrected chi connectivity index (χ0v) is 10.3. The maximum absolute atomic E-state index is 10.6. The van der Waals surface area contributed by atoms with Crippen molar-refractivity contribution >= 4 is 6.29 Å². The van der Waals surface area contributed by atoms with E-state index in [9.17, 15) is 4.79 Å². The molecule has 3 nitrogen and oxygen atoms in total. The topological polar surface area (TPSA) is 34.9 Å². The standard InChI is InChI=1S/C14H16N2O/c1-10(2)16-14(11(3)8-15-16)13-6-4-12(9-17)5-7-13/h4-10H,1-3H3. The van der Waals surface area contributed by atoms with Gasteiger partial charge in [0.05, 0.1) is 11.9 Å². The number of aldehydes is 1. The number of hydrogen-bond donors (Lipinski definition) is 0.